The van der Waals surface area contributed by atoms with Gasteiger partial charge in [0.05, 0.1) is 12.1 Å². The van der Waals surface area contributed by atoms with Gasteiger partial charge in [-0.3, -0.25) is 4.79 Å². The highest BCUT2D eigenvalue weighted by Gasteiger charge is 1.99. The molecular formula is C12H13NO2. The molecule has 1 aromatic rings. The van der Waals surface area contributed by atoms with Crippen molar-refractivity contribution in [1.29, 1.82) is 0 Å². The highest BCUT2D eigenvalue weighted by Crippen LogP contribution is 2.02. The molecule has 0 fully saturated rings. The van der Waals surface area contributed by atoms with E-state index in [4.69, 9.17) is 5.21 Å². The lowest BCUT2D eigenvalue weighted by molar-refractivity contribution is -0.115. The molecule has 0 unspecified atom stereocenters. The number of carbonyl (C=O) groups is 1. The molecule has 0 aliphatic rings. The number of hydrogen-bond acceptors (Lipinski definition) is 3. The maximum Gasteiger partial charge on any atom is 0.135 e. The van der Waals surface area contributed by atoms with Crippen molar-refractivity contribution in [3.8, 4) is 0 Å². The minimum atomic E-state index is -0.0273. The molecule has 0 saturated carbocycles. The van der Waals surface area contributed by atoms with Gasteiger partial charge in [-0.25, -0.2) is 0 Å². The number of allylic oxidation sites excluding steroid dienone is 1. The van der Waals surface area contributed by atoms with Crippen LogP contribution in [0.3, 0.4) is 0 Å². The van der Waals surface area contributed by atoms with E-state index < -0.39 is 0 Å². The largest absolute Gasteiger partial charge is 0.411 e. The Morgan fingerprint density at radius 3 is 2.60 bits per heavy atom. The predicted octanol–water partition coefficient (Wildman–Crippen LogP) is 2.51. The molecule has 0 aromatic heterocycles. The fraction of sp³-hybridized carbons (Fsp3) is 0.167. The van der Waals surface area contributed by atoms with Crippen LogP contribution in [-0.2, 0) is 4.79 Å². The van der Waals surface area contributed by atoms with Gasteiger partial charge in [-0.1, -0.05) is 41.6 Å². The van der Waals surface area contributed by atoms with Crippen LogP contribution in [0.4, 0.5) is 0 Å². The first kappa shape index (κ1) is 11.2. The lowest BCUT2D eigenvalue weighted by atomic mass is 10.1. The second-order valence-electron chi connectivity index (χ2n) is 3.21. The van der Waals surface area contributed by atoms with Crippen LogP contribution in [-0.4, -0.2) is 16.7 Å². The number of Topliss-reactive ketones (excluding diaryl/α,β-unsaturated/α-hetero) is 1. The number of rotatable bonds is 4. The van der Waals surface area contributed by atoms with E-state index in [1.54, 1.807) is 12.2 Å². The summed E-state index contributed by atoms with van der Waals surface area (Å²) < 4.78 is 0. The molecule has 1 aromatic carbocycles. The highest BCUT2D eigenvalue weighted by atomic mass is 16.4. The Kier molecular flexibility index (Phi) is 4.29. The summed E-state index contributed by atoms with van der Waals surface area (Å²) in [5.41, 5.74) is 1.37. The van der Waals surface area contributed by atoms with Gasteiger partial charge in [0.1, 0.15) is 5.78 Å². The van der Waals surface area contributed by atoms with Gasteiger partial charge in [-0.05, 0) is 18.6 Å². The van der Waals surface area contributed by atoms with E-state index in [-0.39, 0.29) is 12.2 Å². The summed E-state index contributed by atoms with van der Waals surface area (Å²) in [5.74, 6) is -0.0273. The minimum absolute atomic E-state index is 0.0273. The van der Waals surface area contributed by atoms with Crippen molar-refractivity contribution in [1.82, 2.24) is 0 Å². The van der Waals surface area contributed by atoms with Crippen LogP contribution in [0.1, 0.15) is 18.9 Å². The smallest absolute Gasteiger partial charge is 0.135 e. The fourth-order valence-electron chi connectivity index (χ4n) is 1.14. The Bertz CT molecular complexity index is 380. The summed E-state index contributed by atoms with van der Waals surface area (Å²) in [6, 6.07) is 9.62. The SMILES string of the molecule is CC(=O)CC(/C=C/c1ccccc1)=N/O. The molecule has 1 rings (SSSR count). The van der Waals surface area contributed by atoms with Crippen molar-refractivity contribution in [3.05, 3.63) is 42.0 Å². The number of benzene rings is 1. The molecule has 0 amide bonds. The van der Waals surface area contributed by atoms with Crippen LogP contribution in [0.25, 0.3) is 6.08 Å². The van der Waals surface area contributed by atoms with Gasteiger partial charge in [0.2, 0.25) is 0 Å². The second-order valence-corrected chi connectivity index (χ2v) is 3.21. The van der Waals surface area contributed by atoms with Crippen molar-refractivity contribution in [3.63, 3.8) is 0 Å². The average Bonchev–Trinajstić information content (AvgIpc) is 2.25. The van der Waals surface area contributed by atoms with Crippen molar-refractivity contribution in [2.75, 3.05) is 0 Å². The minimum Gasteiger partial charge on any atom is -0.411 e. The highest BCUT2D eigenvalue weighted by molar-refractivity contribution is 6.08. The van der Waals surface area contributed by atoms with Gasteiger partial charge in [-0.2, -0.15) is 0 Å². The Morgan fingerprint density at radius 1 is 1.40 bits per heavy atom. The first-order chi connectivity index (χ1) is 7.22. The van der Waals surface area contributed by atoms with E-state index in [0.29, 0.717) is 5.71 Å². The quantitative estimate of drug-likeness (QED) is 0.464. The molecule has 78 valence electrons. The zero-order valence-electron chi connectivity index (χ0n) is 8.55. The van der Waals surface area contributed by atoms with Gasteiger partial charge in [-0.15, -0.1) is 0 Å². The standard InChI is InChI=1S/C12H13NO2/c1-10(14)9-12(13-15)8-7-11-5-3-2-4-6-11/h2-8,15H,9H2,1H3/b8-7+,13-12+. The van der Waals surface area contributed by atoms with Crippen LogP contribution in [0.5, 0.6) is 0 Å². The van der Waals surface area contributed by atoms with Crippen LogP contribution < -0.4 is 0 Å². The molecular weight excluding hydrogens is 190 g/mol. The Balaban J connectivity index is 2.68. The summed E-state index contributed by atoms with van der Waals surface area (Å²) in [6.45, 7) is 1.46. The van der Waals surface area contributed by atoms with Gasteiger partial charge in [0, 0.05) is 0 Å². The maximum absolute atomic E-state index is 10.8. The molecule has 0 spiro atoms. The summed E-state index contributed by atoms with van der Waals surface area (Å²) >= 11 is 0. The number of oxime groups is 1. The van der Waals surface area contributed by atoms with E-state index in [0.717, 1.165) is 5.56 Å². The Morgan fingerprint density at radius 2 is 2.07 bits per heavy atom. The number of carbonyl (C=O) groups excluding carboxylic acids is 1. The van der Waals surface area contributed by atoms with Crippen molar-refractivity contribution >= 4 is 17.6 Å². The summed E-state index contributed by atoms with van der Waals surface area (Å²) in [6.07, 6.45) is 3.59. The molecule has 15 heavy (non-hydrogen) atoms. The normalized spacial score (nSPS) is 11.9. The molecule has 3 heteroatoms. The zero-order chi connectivity index (χ0) is 11.1. The van der Waals surface area contributed by atoms with Crippen LogP contribution in [0.2, 0.25) is 0 Å². The van der Waals surface area contributed by atoms with E-state index in [1.165, 1.54) is 6.92 Å². The lowest BCUT2D eigenvalue weighted by Gasteiger charge is -1.94. The van der Waals surface area contributed by atoms with Gasteiger partial charge >= 0.3 is 0 Å². The number of hydrogen-bond donors (Lipinski definition) is 1. The molecule has 0 bridgehead atoms. The molecule has 1 N–H and O–H groups in total. The van der Waals surface area contributed by atoms with Crippen molar-refractivity contribution < 1.29 is 10.0 Å². The summed E-state index contributed by atoms with van der Waals surface area (Å²) in [7, 11) is 0. The first-order valence-corrected chi connectivity index (χ1v) is 4.66. The molecule has 0 aliphatic heterocycles. The van der Waals surface area contributed by atoms with Crippen molar-refractivity contribution in [2.24, 2.45) is 5.16 Å². The Hall–Kier alpha value is -1.90. The third-order valence-electron chi connectivity index (χ3n) is 1.83. The van der Waals surface area contributed by atoms with Gasteiger partial charge in [0.15, 0.2) is 0 Å². The summed E-state index contributed by atoms with van der Waals surface area (Å²) in [4.78, 5) is 10.8. The zero-order valence-corrected chi connectivity index (χ0v) is 8.55. The van der Waals surface area contributed by atoms with Crippen LogP contribution in [0, 0.1) is 0 Å². The molecule has 0 aliphatic carbocycles. The van der Waals surface area contributed by atoms with Gasteiger partial charge in [0.25, 0.3) is 0 Å². The van der Waals surface area contributed by atoms with Crippen molar-refractivity contribution in [2.45, 2.75) is 13.3 Å². The topological polar surface area (TPSA) is 49.7 Å². The fourth-order valence-corrected chi connectivity index (χ4v) is 1.14. The summed E-state index contributed by atoms with van der Waals surface area (Å²) in [5, 5.41) is 11.7. The number of ketones is 1. The Labute approximate surface area is 88.7 Å². The molecule has 3 nitrogen and oxygen atoms in total. The monoisotopic (exact) mass is 203 g/mol. The molecule has 0 heterocycles. The van der Waals surface area contributed by atoms with Crippen LogP contribution in [0.15, 0.2) is 41.6 Å². The van der Waals surface area contributed by atoms with E-state index in [9.17, 15) is 4.79 Å². The lowest BCUT2D eigenvalue weighted by Crippen LogP contribution is -2.01. The number of nitrogens with zero attached hydrogens (tertiary/aromatic N) is 1. The molecule has 0 radical (unpaired) electrons. The van der Waals surface area contributed by atoms with E-state index >= 15 is 0 Å². The van der Waals surface area contributed by atoms with E-state index in [1.807, 2.05) is 30.3 Å². The van der Waals surface area contributed by atoms with E-state index in [2.05, 4.69) is 5.16 Å². The second kappa shape index (κ2) is 5.75. The average molecular weight is 203 g/mol. The van der Waals surface area contributed by atoms with Gasteiger partial charge < -0.3 is 5.21 Å². The maximum atomic E-state index is 10.8. The molecule has 0 saturated heterocycles. The molecule has 0 atom stereocenters. The predicted molar refractivity (Wildman–Crippen MR) is 60.0 cm³/mol. The van der Waals surface area contributed by atoms with Crippen LogP contribution >= 0.6 is 0 Å². The first-order valence-electron chi connectivity index (χ1n) is 4.66. The third-order valence-corrected chi connectivity index (χ3v) is 1.83. The third kappa shape index (κ3) is 4.22.